The summed E-state index contributed by atoms with van der Waals surface area (Å²) in [5.41, 5.74) is 2.91. The van der Waals surface area contributed by atoms with Gasteiger partial charge in [0.2, 0.25) is 0 Å². The largest absolute Gasteiger partial charge is 0.321 e. The Morgan fingerprint density at radius 2 is 1.66 bits per heavy atom. The van der Waals surface area contributed by atoms with Gasteiger partial charge in [-0.05, 0) is 47.9 Å². The first-order valence-corrected chi connectivity index (χ1v) is 11.5. The summed E-state index contributed by atoms with van der Waals surface area (Å²) in [6.07, 6.45) is 0. The Hall–Kier alpha value is -4.23. The summed E-state index contributed by atoms with van der Waals surface area (Å²) in [5, 5.41) is 10.3. The molecule has 0 atom stereocenters. The lowest BCUT2D eigenvalue weighted by molar-refractivity contribution is 0.102. The number of aromatic nitrogens is 4. The molecule has 0 spiro atoms. The zero-order valence-corrected chi connectivity index (χ0v) is 19.9. The zero-order valence-electron chi connectivity index (χ0n) is 19.1. The van der Waals surface area contributed by atoms with Gasteiger partial charge >= 0.3 is 0 Å². The van der Waals surface area contributed by atoms with E-state index in [2.05, 4.69) is 29.4 Å². The molecular formula is C27H22ClN5O2. The molecule has 0 aliphatic heterocycles. The maximum absolute atomic E-state index is 13.9. The number of hydrogen-bond donors (Lipinski definition) is 2. The molecule has 7 nitrogen and oxygen atoms in total. The van der Waals surface area contributed by atoms with Crippen LogP contribution in [0.4, 0.5) is 5.69 Å². The maximum Gasteiger partial charge on any atom is 0.274 e. The number of nitrogens with zero attached hydrogens (tertiary/aromatic N) is 3. The minimum atomic E-state index is -0.478. The Labute approximate surface area is 206 Å². The van der Waals surface area contributed by atoms with Crippen LogP contribution in [-0.4, -0.2) is 25.7 Å². The second kappa shape index (κ2) is 9.19. The van der Waals surface area contributed by atoms with Crippen molar-refractivity contribution in [3.8, 4) is 17.1 Å². The summed E-state index contributed by atoms with van der Waals surface area (Å²) < 4.78 is 1.48. The smallest absolute Gasteiger partial charge is 0.274 e. The van der Waals surface area contributed by atoms with Gasteiger partial charge in [0, 0.05) is 16.3 Å². The van der Waals surface area contributed by atoms with Gasteiger partial charge in [0.25, 0.3) is 11.5 Å². The number of benzene rings is 3. The summed E-state index contributed by atoms with van der Waals surface area (Å²) in [6.45, 7) is 4.24. The van der Waals surface area contributed by atoms with Crippen LogP contribution < -0.4 is 10.9 Å². The molecule has 35 heavy (non-hydrogen) atoms. The number of nitrogens with one attached hydrogen (secondary N) is 2. The van der Waals surface area contributed by atoms with Crippen molar-refractivity contribution in [1.29, 1.82) is 0 Å². The number of carbonyl (C=O) groups excluding carboxylic acids is 1. The molecule has 8 heteroatoms. The van der Waals surface area contributed by atoms with Crippen molar-refractivity contribution in [1.82, 2.24) is 19.7 Å². The van der Waals surface area contributed by atoms with Gasteiger partial charge in [-0.2, -0.15) is 5.10 Å². The number of fused-ring (bicyclic) bond motifs is 1. The topological polar surface area (TPSA) is 92.7 Å². The van der Waals surface area contributed by atoms with Gasteiger partial charge < -0.3 is 5.32 Å². The highest BCUT2D eigenvalue weighted by molar-refractivity contribution is 6.30. The van der Waals surface area contributed by atoms with E-state index >= 15 is 0 Å². The van der Waals surface area contributed by atoms with Crippen molar-refractivity contribution in [3.05, 3.63) is 105 Å². The lowest BCUT2D eigenvalue weighted by Gasteiger charge is -2.14. The predicted octanol–water partition coefficient (Wildman–Crippen LogP) is 5.80. The first-order valence-electron chi connectivity index (χ1n) is 11.2. The number of aromatic amines is 1. The molecule has 2 heterocycles. The van der Waals surface area contributed by atoms with Gasteiger partial charge in [-0.3, -0.25) is 19.3 Å². The average molecular weight is 484 g/mol. The highest BCUT2D eigenvalue weighted by atomic mass is 35.5. The van der Waals surface area contributed by atoms with E-state index in [1.54, 1.807) is 36.4 Å². The summed E-state index contributed by atoms with van der Waals surface area (Å²) in [7, 11) is 0. The molecular weight excluding hydrogens is 462 g/mol. The summed E-state index contributed by atoms with van der Waals surface area (Å²) in [5.74, 6) is 0.311. The highest BCUT2D eigenvalue weighted by Gasteiger charge is 2.23. The molecule has 2 N–H and O–H groups in total. The number of anilines is 1. The number of para-hydroxylation sites is 1. The van der Waals surface area contributed by atoms with Crippen molar-refractivity contribution in [2.24, 2.45) is 0 Å². The maximum atomic E-state index is 13.9. The Balaban J connectivity index is 1.70. The quantitative estimate of drug-likeness (QED) is 0.330. The third kappa shape index (κ3) is 4.34. The molecule has 0 saturated carbocycles. The van der Waals surface area contributed by atoms with Crippen LogP contribution in [-0.2, 0) is 0 Å². The van der Waals surface area contributed by atoms with E-state index < -0.39 is 11.5 Å². The Bertz CT molecular complexity index is 1570. The van der Waals surface area contributed by atoms with Crippen molar-refractivity contribution < 1.29 is 4.79 Å². The van der Waals surface area contributed by atoms with E-state index in [4.69, 9.17) is 16.6 Å². The van der Waals surface area contributed by atoms with E-state index in [1.165, 1.54) is 10.1 Å². The number of rotatable bonds is 5. The van der Waals surface area contributed by atoms with Gasteiger partial charge in [0.05, 0.1) is 5.69 Å². The van der Waals surface area contributed by atoms with E-state index in [-0.39, 0.29) is 16.7 Å². The van der Waals surface area contributed by atoms with Crippen molar-refractivity contribution in [2.45, 2.75) is 19.8 Å². The molecule has 0 aliphatic carbocycles. The molecule has 1 amide bonds. The summed E-state index contributed by atoms with van der Waals surface area (Å²) in [6, 6.07) is 23.8. The average Bonchev–Trinajstić information content (AvgIpc) is 3.30. The minimum Gasteiger partial charge on any atom is -0.321 e. The third-order valence-electron chi connectivity index (χ3n) is 5.77. The molecule has 5 rings (SSSR count). The van der Waals surface area contributed by atoms with Crippen LogP contribution in [0, 0.1) is 0 Å². The van der Waals surface area contributed by atoms with E-state index in [0.717, 1.165) is 5.56 Å². The molecule has 0 saturated heterocycles. The second-order valence-electron chi connectivity index (χ2n) is 8.45. The number of halogens is 1. The van der Waals surface area contributed by atoms with Gasteiger partial charge in [0.1, 0.15) is 16.9 Å². The molecule has 0 aliphatic rings. The lowest BCUT2D eigenvalue weighted by atomic mass is 10.0. The standard InChI is InChI=1S/C27H22ClN5O2/c1-16(2)17-8-10-18(11-9-17)25-30-24-22(27(35)33(25)21-14-12-19(28)13-15-21)23(31-32-24)26(34)29-20-6-4-3-5-7-20/h3-16H,1-2H3,(H,29,34)(H,31,32). The van der Waals surface area contributed by atoms with Crippen LogP contribution in [0.15, 0.2) is 83.7 Å². The van der Waals surface area contributed by atoms with Crippen LogP contribution in [0.5, 0.6) is 0 Å². The first-order chi connectivity index (χ1) is 16.9. The number of hydrogen-bond acceptors (Lipinski definition) is 4. The van der Waals surface area contributed by atoms with Crippen LogP contribution in [0.2, 0.25) is 5.02 Å². The second-order valence-corrected chi connectivity index (χ2v) is 8.88. The third-order valence-corrected chi connectivity index (χ3v) is 6.02. The molecule has 174 valence electrons. The molecule has 0 unspecified atom stereocenters. The Kier molecular flexibility index (Phi) is 5.93. The van der Waals surface area contributed by atoms with Crippen LogP contribution in [0.3, 0.4) is 0 Å². The minimum absolute atomic E-state index is 0.0470. The van der Waals surface area contributed by atoms with Gasteiger partial charge in [-0.1, -0.05) is 67.9 Å². The van der Waals surface area contributed by atoms with Gasteiger partial charge in [0.15, 0.2) is 5.65 Å². The first kappa shape index (κ1) is 22.6. The van der Waals surface area contributed by atoms with Crippen LogP contribution >= 0.6 is 11.6 Å². The highest BCUT2D eigenvalue weighted by Crippen LogP contribution is 2.25. The van der Waals surface area contributed by atoms with E-state index in [1.807, 2.05) is 42.5 Å². The molecule has 5 aromatic rings. The van der Waals surface area contributed by atoms with Crippen molar-refractivity contribution in [3.63, 3.8) is 0 Å². The number of carbonyl (C=O) groups is 1. The monoisotopic (exact) mass is 483 g/mol. The fourth-order valence-corrected chi connectivity index (χ4v) is 4.02. The SMILES string of the molecule is CC(C)c1ccc(-c2nc3n[nH]c(C(=O)Nc4ccccc4)c3c(=O)n2-c2ccc(Cl)cc2)cc1. The summed E-state index contributed by atoms with van der Waals surface area (Å²) >= 11 is 6.09. The normalized spacial score (nSPS) is 11.2. The van der Waals surface area contributed by atoms with Crippen molar-refractivity contribution in [2.75, 3.05) is 5.32 Å². The number of H-pyrrole nitrogens is 1. The molecule has 0 bridgehead atoms. The fraction of sp³-hybridized carbons (Fsp3) is 0.111. The van der Waals surface area contributed by atoms with Crippen LogP contribution in [0.1, 0.15) is 35.8 Å². The van der Waals surface area contributed by atoms with Gasteiger partial charge in [-0.15, -0.1) is 0 Å². The zero-order chi connectivity index (χ0) is 24.5. The molecule has 3 aromatic carbocycles. The molecule has 2 aromatic heterocycles. The number of amides is 1. The lowest BCUT2D eigenvalue weighted by Crippen LogP contribution is -2.24. The van der Waals surface area contributed by atoms with Crippen molar-refractivity contribution >= 4 is 34.2 Å². The molecule has 0 fully saturated rings. The molecule has 0 radical (unpaired) electrons. The fourth-order valence-electron chi connectivity index (χ4n) is 3.89. The Morgan fingerprint density at radius 3 is 2.31 bits per heavy atom. The van der Waals surface area contributed by atoms with E-state index in [9.17, 15) is 9.59 Å². The van der Waals surface area contributed by atoms with Crippen LogP contribution in [0.25, 0.3) is 28.1 Å². The van der Waals surface area contributed by atoms with Gasteiger partial charge in [-0.25, -0.2) is 4.98 Å². The van der Waals surface area contributed by atoms with E-state index in [0.29, 0.717) is 28.1 Å². The predicted molar refractivity (Wildman–Crippen MR) is 138 cm³/mol. The Morgan fingerprint density at radius 1 is 0.971 bits per heavy atom. The summed E-state index contributed by atoms with van der Waals surface area (Å²) in [4.78, 5) is 31.6.